The van der Waals surface area contributed by atoms with E-state index in [0.717, 1.165) is 10.4 Å². The highest BCUT2D eigenvalue weighted by Gasteiger charge is 1.68. The minimum absolute atomic E-state index is 1.09. The quantitative estimate of drug-likeness (QED) is 0.306. The SMILES string of the molecule is CNN(C)[SiH3]. The maximum absolute atomic E-state index is 2.92. The van der Waals surface area contributed by atoms with Gasteiger partial charge in [-0.25, -0.2) is 0 Å². The summed E-state index contributed by atoms with van der Waals surface area (Å²) < 4.78 is 2.01. The molecule has 0 saturated carbocycles. The second-order valence-corrected chi connectivity index (χ2v) is 2.46. The van der Waals surface area contributed by atoms with Crippen LogP contribution in [0.3, 0.4) is 0 Å². The van der Waals surface area contributed by atoms with Crippen LogP contribution in [0.4, 0.5) is 0 Å². The van der Waals surface area contributed by atoms with Crippen molar-refractivity contribution in [2.24, 2.45) is 0 Å². The van der Waals surface area contributed by atoms with Crippen LogP contribution in [0.1, 0.15) is 0 Å². The Hall–Kier alpha value is 0.137. The van der Waals surface area contributed by atoms with E-state index >= 15 is 0 Å². The van der Waals surface area contributed by atoms with Crippen LogP contribution in [-0.4, -0.2) is 29.2 Å². The van der Waals surface area contributed by atoms with Crippen LogP contribution < -0.4 is 5.43 Å². The molecular weight excluding hydrogens is 80.1 g/mol. The molecule has 0 aliphatic heterocycles. The highest BCUT2D eigenvalue weighted by atomic mass is 28.2. The Morgan fingerprint density at radius 2 is 2.00 bits per heavy atom. The van der Waals surface area contributed by atoms with E-state index in [1.54, 1.807) is 0 Å². The summed E-state index contributed by atoms with van der Waals surface area (Å²) >= 11 is 0. The van der Waals surface area contributed by atoms with Crippen LogP contribution in [0, 0.1) is 0 Å². The second-order valence-electron chi connectivity index (χ2n) is 1.12. The summed E-state index contributed by atoms with van der Waals surface area (Å²) in [6.45, 7) is 0. The predicted octanol–water partition coefficient (Wildman–Crippen LogP) is -1.67. The molecule has 0 aliphatic rings. The zero-order valence-corrected chi connectivity index (χ0v) is 5.95. The van der Waals surface area contributed by atoms with Gasteiger partial charge in [0, 0.05) is 0 Å². The summed E-state index contributed by atoms with van der Waals surface area (Å²) in [6, 6.07) is 0. The van der Waals surface area contributed by atoms with Gasteiger partial charge in [0.05, 0.1) is 10.4 Å². The summed E-state index contributed by atoms with van der Waals surface area (Å²) in [5.41, 5.74) is 2.92. The van der Waals surface area contributed by atoms with Crippen LogP contribution >= 0.6 is 0 Å². The lowest BCUT2D eigenvalue weighted by molar-refractivity contribution is 0.446. The molecule has 0 bridgehead atoms. The third kappa shape index (κ3) is 4.14. The fourth-order valence-corrected chi connectivity index (χ4v) is 0. The van der Waals surface area contributed by atoms with Gasteiger partial charge < -0.3 is 0 Å². The number of hydrazine groups is 1. The van der Waals surface area contributed by atoms with Gasteiger partial charge in [0.2, 0.25) is 0 Å². The number of hydrogen-bond donors (Lipinski definition) is 1. The highest BCUT2D eigenvalue weighted by molar-refractivity contribution is 6.03. The van der Waals surface area contributed by atoms with Gasteiger partial charge in [0.25, 0.3) is 0 Å². The zero-order valence-electron chi connectivity index (χ0n) is 3.95. The lowest BCUT2D eigenvalue weighted by Gasteiger charge is -2.03. The van der Waals surface area contributed by atoms with Crippen molar-refractivity contribution in [3.05, 3.63) is 0 Å². The first-order valence-electron chi connectivity index (χ1n) is 1.62. The molecule has 0 aromatic carbocycles. The molecule has 0 spiro atoms. The Bertz CT molecular complexity index is 21.6. The van der Waals surface area contributed by atoms with Gasteiger partial charge in [-0.2, -0.15) is 0 Å². The molecule has 5 heavy (non-hydrogen) atoms. The van der Waals surface area contributed by atoms with E-state index < -0.39 is 0 Å². The van der Waals surface area contributed by atoms with Crippen molar-refractivity contribution in [2.75, 3.05) is 14.1 Å². The van der Waals surface area contributed by atoms with E-state index in [2.05, 4.69) is 5.43 Å². The first kappa shape index (κ1) is 5.14. The third-order valence-electron chi connectivity index (χ3n) is 0.447. The molecule has 0 aliphatic carbocycles. The normalized spacial score (nSPS) is 10.2. The molecule has 0 rings (SSSR count). The molecule has 0 aromatic heterocycles. The van der Waals surface area contributed by atoms with Gasteiger partial charge in [-0.3, -0.25) is 10.1 Å². The number of rotatable bonds is 1. The van der Waals surface area contributed by atoms with Crippen LogP contribution in [0.25, 0.3) is 0 Å². The first-order valence-corrected chi connectivity index (χ1v) is 2.51. The van der Waals surface area contributed by atoms with E-state index in [-0.39, 0.29) is 0 Å². The predicted molar refractivity (Wildman–Crippen MR) is 26.8 cm³/mol. The molecule has 0 unspecified atom stereocenters. The molecule has 1 N–H and O–H groups in total. The fraction of sp³-hybridized carbons (Fsp3) is 1.00. The van der Waals surface area contributed by atoms with Crippen LogP contribution in [0.15, 0.2) is 0 Å². The van der Waals surface area contributed by atoms with Crippen LogP contribution in [0.2, 0.25) is 0 Å². The molecule has 0 atom stereocenters. The van der Waals surface area contributed by atoms with Crippen molar-refractivity contribution in [3.63, 3.8) is 0 Å². The molecule has 0 heterocycles. The molecule has 0 radical (unpaired) electrons. The van der Waals surface area contributed by atoms with Crippen molar-refractivity contribution in [3.8, 4) is 0 Å². The average Bonchev–Trinajstić information content (AvgIpc) is 1.38. The Morgan fingerprint density at radius 1 is 1.80 bits per heavy atom. The Kier molecular flexibility index (Phi) is 2.44. The molecule has 0 amide bonds. The third-order valence-corrected chi connectivity index (χ3v) is 0.894. The van der Waals surface area contributed by atoms with E-state index in [0.29, 0.717) is 0 Å². The number of hydrogen-bond acceptors (Lipinski definition) is 2. The molecule has 3 heteroatoms. The lowest BCUT2D eigenvalue weighted by Crippen LogP contribution is -2.27. The monoisotopic (exact) mass is 90.1 g/mol. The first-order chi connectivity index (χ1) is 2.27. The second kappa shape index (κ2) is 2.38. The standard InChI is InChI=1S/C2H10N2Si/c1-3-4(2)5/h3H,1-2,5H3. The van der Waals surface area contributed by atoms with Gasteiger partial charge in [-0.1, -0.05) is 0 Å². The highest BCUT2D eigenvalue weighted by Crippen LogP contribution is 1.46. The summed E-state index contributed by atoms with van der Waals surface area (Å²) in [5.74, 6) is 0. The molecule has 0 saturated heterocycles. The maximum atomic E-state index is 2.92. The Morgan fingerprint density at radius 3 is 2.00 bits per heavy atom. The summed E-state index contributed by atoms with van der Waals surface area (Å²) in [6.07, 6.45) is 0. The Balaban J connectivity index is 2.54. The smallest absolute Gasteiger partial charge is 0.0979 e. The minimum atomic E-state index is 1.09. The molecule has 2 nitrogen and oxygen atoms in total. The van der Waals surface area contributed by atoms with E-state index in [1.807, 2.05) is 18.8 Å². The average molecular weight is 90.2 g/mol. The largest absolute Gasteiger partial charge is 0.280 e. The van der Waals surface area contributed by atoms with Crippen molar-refractivity contribution in [1.82, 2.24) is 10.1 Å². The van der Waals surface area contributed by atoms with Gasteiger partial charge in [0.1, 0.15) is 0 Å². The molecule has 32 valence electrons. The summed E-state index contributed by atoms with van der Waals surface area (Å²) in [4.78, 5) is 0. The zero-order chi connectivity index (χ0) is 4.28. The van der Waals surface area contributed by atoms with Gasteiger partial charge in [-0.05, 0) is 14.1 Å². The van der Waals surface area contributed by atoms with Crippen molar-refractivity contribution < 1.29 is 0 Å². The van der Waals surface area contributed by atoms with E-state index in [9.17, 15) is 0 Å². The van der Waals surface area contributed by atoms with Crippen molar-refractivity contribution in [2.45, 2.75) is 0 Å². The van der Waals surface area contributed by atoms with Gasteiger partial charge in [-0.15, -0.1) is 0 Å². The summed E-state index contributed by atoms with van der Waals surface area (Å²) in [7, 11) is 5.01. The maximum Gasteiger partial charge on any atom is 0.0979 e. The summed E-state index contributed by atoms with van der Waals surface area (Å²) in [5, 5.41) is 0. The topological polar surface area (TPSA) is 15.3 Å². The van der Waals surface area contributed by atoms with Gasteiger partial charge in [0.15, 0.2) is 0 Å². The van der Waals surface area contributed by atoms with E-state index in [4.69, 9.17) is 0 Å². The van der Waals surface area contributed by atoms with Gasteiger partial charge >= 0.3 is 0 Å². The minimum Gasteiger partial charge on any atom is -0.280 e. The van der Waals surface area contributed by atoms with E-state index in [1.165, 1.54) is 0 Å². The van der Waals surface area contributed by atoms with Crippen LogP contribution in [-0.2, 0) is 0 Å². The van der Waals surface area contributed by atoms with Crippen LogP contribution in [0.5, 0.6) is 0 Å². The van der Waals surface area contributed by atoms with Crippen molar-refractivity contribution >= 4 is 10.4 Å². The number of nitrogens with one attached hydrogen (secondary N) is 1. The fourth-order valence-electron chi connectivity index (χ4n) is 0. The molecular formula is C2H10N2Si. The number of nitrogens with zero attached hydrogens (tertiary/aromatic N) is 1. The lowest BCUT2D eigenvalue weighted by atomic mass is 11.4. The molecule has 0 fully saturated rings. The van der Waals surface area contributed by atoms with Crippen molar-refractivity contribution in [1.29, 1.82) is 0 Å². The Labute approximate surface area is 35.6 Å². The molecule has 0 aromatic rings.